The molecular weight excluding hydrogens is 786 g/mol. The Morgan fingerprint density at radius 3 is 2.41 bits per heavy atom. The zero-order valence-corrected chi connectivity index (χ0v) is 33.4. The first-order valence-electron chi connectivity index (χ1n) is 17.7. The summed E-state index contributed by atoms with van der Waals surface area (Å²) in [4.78, 5) is 59.5. The molecule has 54 heavy (non-hydrogen) atoms. The molecule has 16 nitrogen and oxygen atoms in total. The Labute approximate surface area is 326 Å². The van der Waals surface area contributed by atoms with Crippen LogP contribution in [0, 0.1) is 0 Å². The minimum Gasteiger partial charge on any atom is -0.470 e. The van der Waals surface area contributed by atoms with Gasteiger partial charge in [0.15, 0.2) is 12.2 Å². The quantitative estimate of drug-likeness (QED) is 0.166. The van der Waals surface area contributed by atoms with Gasteiger partial charge in [0.25, 0.3) is 11.8 Å². The lowest BCUT2D eigenvalue weighted by Crippen LogP contribution is -2.45. The monoisotopic (exact) mass is 831 g/mol. The highest BCUT2D eigenvalue weighted by Gasteiger charge is 2.32. The first-order chi connectivity index (χ1) is 25.8. The summed E-state index contributed by atoms with van der Waals surface area (Å²) in [6.45, 7) is 12.1. The second-order valence-electron chi connectivity index (χ2n) is 13.7. The van der Waals surface area contributed by atoms with Gasteiger partial charge in [0.05, 0.1) is 50.0 Å². The fraction of sp³-hybridized carbons (Fsp3) is 0.528. The summed E-state index contributed by atoms with van der Waals surface area (Å²) in [6.07, 6.45) is -3.86. The van der Waals surface area contributed by atoms with Gasteiger partial charge in [0.2, 0.25) is 11.8 Å². The third-order valence-corrected chi connectivity index (χ3v) is 9.70. The summed E-state index contributed by atoms with van der Waals surface area (Å²) in [6, 6.07) is 11.7. The lowest BCUT2D eigenvalue weighted by atomic mass is 10.1. The molecule has 3 atom stereocenters. The van der Waals surface area contributed by atoms with Gasteiger partial charge in [0.1, 0.15) is 12.7 Å². The number of fused-ring (bicyclic) bond motifs is 1. The number of ether oxygens (including phenoxy) is 5. The number of morpholine rings is 1. The Balaban J connectivity index is 1.07. The number of aromatic nitrogens is 2. The number of hydrogen-bond donors (Lipinski definition) is 2. The maximum absolute atomic E-state index is 13.3. The van der Waals surface area contributed by atoms with Crippen molar-refractivity contribution < 1.29 is 42.9 Å². The van der Waals surface area contributed by atoms with Crippen LogP contribution in [-0.4, -0.2) is 120 Å². The van der Waals surface area contributed by atoms with E-state index in [0.717, 1.165) is 32.7 Å². The first kappa shape index (κ1) is 40.8. The van der Waals surface area contributed by atoms with Gasteiger partial charge in [-0.25, -0.2) is 4.79 Å². The van der Waals surface area contributed by atoms with Gasteiger partial charge in [-0.1, -0.05) is 30.3 Å². The van der Waals surface area contributed by atoms with Crippen LogP contribution in [-0.2, 0) is 38.1 Å². The SMILES string of the molecule is C[C@H](OC(=O)CCC(=O)O[C@@H](CNC(C)(C)C)COc1nsnc1N1CCOCC1)C(=O)O[C@@H](C)C(=O)N1CCN=C1Nc1ccc2ccccc2c1Br. The van der Waals surface area contributed by atoms with Crippen LogP contribution in [0.3, 0.4) is 0 Å². The Morgan fingerprint density at radius 2 is 1.67 bits per heavy atom. The molecule has 3 heterocycles. The predicted molar refractivity (Wildman–Crippen MR) is 206 cm³/mol. The van der Waals surface area contributed by atoms with Crippen molar-refractivity contribution in [2.24, 2.45) is 4.99 Å². The summed E-state index contributed by atoms with van der Waals surface area (Å²) in [7, 11) is 0. The Kier molecular flexibility index (Phi) is 14.2. The molecule has 3 aromatic rings. The molecule has 2 aromatic carbocycles. The number of rotatable bonds is 15. The molecule has 1 fully saturated rings. The Hall–Kier alpha value is -4.39. The molecule has 1 aromatic heterocycles. The standard InChI is InChI=1S/C36H46BrN7O9S/c1-22(33(47)44-15-14-38-35(44)40-27-11-10-24-8-6-7-9-26(24)30(27)37)52-34(48)23(2)51-28(45)12-13-29(46)53-25(20-39-36(3,4)5)21-50-32-31(41-54-42-32)43-16-18-49-19-17-43/h6-11,22-23,25,39H,12-21H2,1-5H3,(H,38,40)/t22-,23-,25-/m0/s1. The van der Waals surface area contributed by atoms with Crippen LogP contribution < -0.4 is 20.3 Å². The van der Waals surface area contributed by atoms with E-state index in [1.165, 1.54) is 18.7 Å². The number of hydrogen-bond acceptors (Lipinski definition) is 16. The molecule has 1 amide bonds. The van der Waals surface area contributed by atoms with Crippen molar-refractivity contribution in [3.05, 3.63) is 40.9 Å². The van der Waals surface area contributed by atoms with Crippen LogP contribution >= 0.6 is 27.7 Å². The van der Waals surface area contributed by atoms with Crippen molar-refractivity contribution in [3.8, 4) is 5.88 Å². The van der Waals surface area contributed by atoms with Gasteiger partial charge in [0, 0.05) is 36.2 Å². The minimum absolute atomic E-state index is 0.00359. The number of benzene rings is 2. The summed E-state index contributed by atoms with van der Waals surface area (Å²) in [5, 5.41) is 8.55. The number of amides is 1. The maximum atomic E-state index is 13.3. The van der Waals surface area contributed by atoms with Crippen LogP contribution in [0.25, 0.3) is 10.8 Å². The van der Waals surface area contributed by atoms with Gasteiger partial charge in [-0.2, -0.15) is 4.37 Å². The molecule has 0 radical (unpaired) electrons. The average Bonchev–Trinajstić information content (AvgIpc) is 3.82. The molecule has 1 saturated heterocycles. The lowest BCUT2D eigenvalue weighted by Gasteiger charge is -2.27. The Morgan fingerprint density at radius 1 is 0.944 bits per heavy atom. The maximum Gasteiger partial charge on any atom is 0.347 e. The van der Waals surface area contributed by atoms with Crippen molar-refractivity contribution in [2.45, 2.75) is 71.3 Å². The number of nitrogens with zero attached hydrogens (tertiary/aromatic N) is 5. The smallest absolute Gasteiger partial charge is 0.347 e. The number of guanidine groups is 1. The van der Waals surface area contributed by atoms with Crippen LogP contribution in [0.1, 0.15) is 47.5 Å². The van der Waals surface area contributed by atoms with Crippen molar-refractivity contribution in [2.75, 3.05) is 62.8 Å². The normalized spacial score (nSPS) is 16.3. The molecule has 5 rings (SSSR count). The van der Waals surface area contributed by atoms with E-state index in [1.54, 1.807) is 0 Å². The van der Waals surface area contributed by atoms with Gasteiger partial charge >= 0.3 is 17.9 Å². The third kappa shape index (κ3) is 11.3. The number of esters is 3. The highest BCUT2D eigenvalue weighted by atomic mass is 79.9. The second-order valence-corrected chi connectivity index (χ2v) is 15.0. The van der Waals surface area contributed by atoms with E-state index < -0.39 is 42.1 Å². The fourth-order valence-corrected chi connectivity index (χ4v) is 6.59. The van der Waals surface area contributed by atoms with E-state index in [1.807, 2.05) is 62.1 Å². The van der Waals surface area contributed by atoms with E-state index in [-0.39, 0.29) is 31.5 Å². The van der Waals surface area contributed by atoms with E-state index in [0.29, 0.717) is 57.1 Å². The van der Waals surface area contributed by atoms with E-state index >= 15 is 0 Å². The molecule has 18 heteroatoms. The number of carbonyl (C=O) groups excluding carboxylic acids is 4. The molecule has 2 aliphatic rings. The molecule has 0 saturated carbocycles. The zero-order chi connectivity index (χ0) is 38.8. The van der Waals surface area contributed by atoms with E-state index in [4.69, 9.17) is 23.7 Å². The van der Waals surface area contributed by atoms with Crippen molar-refractivity contribution in [1.82, 2.24) is 19.0 Å². The van der Waals surface area contributed by atoms with Gasteiger partial charge in [-0.3, -0.25) is 24.3 Å². The highest BCUT2D eigenvalue weighted by Crippen LogP contribution is 2.32. The summed E-state index contributed by atoms with van der Waals surface area (Å²) >= 11 is 4.67. The molecule has 0 unspecified atom stereocenters. The summed E-state index contributed by atoms with van der Waals surface area (Å²) < 4.78 is 37.1. The predicted octanol–water partition coefficient (Wildman–Crippen LogP) is 3.92. The van der Waals surface area contributed by atoms with Gasteiger partial charge in [-0.15, -0.1) is 4.37 Å². The molecule has 0 bridgehead atoms. The first-order valence-corrected chi connectivity index (χ1v) is 19.2. The zero-order valence-electron chi connectivity index (χ0n) is 31.0. The summed E-state index contributed by atoms with van der Waals surface area (Å²) in [5.74, 6) is -1.57. The fourth-order valence-electron chi connectivity index (χ4n) is 5.47. The van der Waals surface area contributed by atoms with Crippen LogP contribution in [0.4, 0.5) is 11.5 Å². The number of anilines is 2. The van der Waals surface area contributed by atoms with Crippen molar-refractivity contribution in [1.29, 1.82) is 0 Å². The number of carbonyl (C=O) groups is 4. The number of aliphatic imine (C=N–C) groups is 1. The van der Waals surface area contributed by atoms with E-state index in [2.05, 4.69) is 40.3 Å². The third-order valence-electron chi connectivity index (χ3n) is 8.35. The summed E-state index contributed by atoms with van der Waals surface area (Å²) in [5.41, 5.74) is 0.455. The number of halogens is 1. The molecular formula is C36H46BrN7O9S. The lowest BCUT2D eigenvalue weighted by molar-refractivity contribution is -0.173. The molecule has 292 valence electrons. The second kappa shape index (κ2) is 18.8. The van der Waals surface area contributed by atoms with Gasteiger partial charge < -0.3 is 39.2 Å². The highest BCUT2D eigenvalue weighted by molar-refractivity contribution is 9.10. The molecule has 0 aliphatic carbocycles. The van der Waals surface area contributed by atoms with Crippen LogP contribution in [0.2, 0.25) is 0 Å². The van der Waals surface area contributed by atoms with Crippen molar-refractivity contribution >= 4 is 79.7 Å². The van der Waals surface area contributed by atoms with Gasteiger partial charge in [-0.05, 0) is 67.4 Å². The van der Waals surface area contributed by atoms with Crippen molar-refractivity contribution in [3.63, 3.8) is 0 Å². The minimum atomic E-state index is -1.33. The Bertz CT molecular complexity index is 1830. The van der Waals surface area contributed by atoms with E-state index in [9.17, 15) is 19.2 Å². The topological polar surface area (TPSA) is 183 Å². The largest absolute Gasteiger partial charge is 0.470 e. The molecule has 2 aliphatic heterocycles. The van der Waals surface area contributed by atoms with Crippen LogP contribution in [0.5, 0.6) is 5.88 Å². The average molecular weight is 833 g/mol. The number of nitrogens with one attached hydrogen (secondary N) is 2. The van der Waals surface area contributed by atoms with Crippen LogP contribution in [0.15, 0.2) is 45.9 Å². The molecule has 2 N–H and O–H groups in total. The molecule has 0 spiro atoms.